The molecule has 0 aliphatic heterocycles. The van der Waals surface area contributed by atoms with Crippen molar-refractivity contribution >= 4 is 22.8 Å². The zero-order valence-electron chi connectivity index (χ0n) is 36.3. The predicted molar refractivity (Wildman–Crippen MR) is 241 cm³/mol. The number of unbranched alkanes of at least 4 members (excludes halogenated alkanes) is 19. The van der Waals surface area contributed by atoms with Gasteiger partial charge in [0.2, 0.25) is 0 Å². The van der Waals surface area contributed by atoms with Gasteiger partial charge in [0.25, 0.3) is 0 Å². The van der Waals surface area contributed by atoms with Gasteiger partial charge < -0.3 is 0 Å². The molecule has 0 N–H and O–H groups in total. The molecule has 0 heterocycles. The number of benzene rings is 2. The fourth-order valence-electron chi connectivity index (χ4n) is 7.72. The van der Waals surface area contributed by atoms with E-state index in [9.17, 15) is 0 Å². The van der Waals surface area contributed by atoms with Crippen molar-refractivity contribution in [3.8, 4) is 0 Å². The largest absolute Gasteiger partial charge is 0.252 e. The molecule has 53 heavy (non-hydrogen) atoms. The van der Waals surface area contributed by atoms with E-state index in [1.165, 1.54) is 202 Å². The molecule has 0 amide bonds. The lowest BCUT2D eigenvalue weighted by atomic mass is 9.96. The van der Waals surface area contributed by atoms with Crippen molar-refractivity contribution in [3.63, 3.8) is 0 Å². The smallest absolute Gasteiger partial charge is 0.0636 e. The highest BCUT2D eigenvalue weighted by molar-refractivity contribution is 6.43. The van der Waals surface area contributed by atoms with Crippen LogP contribution in [0.3, 0.4) is 0 Å². The molecule has 0 bridgehead atoms. The van der Waals surface area contributed by atoms with Gasteiger partial charge in [0.1, 0.15) is 0 Å². The fourth-order valence-corrected chi connectivity index (χ4v) is 7.72. The normalized spacial score (nSPS) is 12.3. The van der Waals surface area contributed by atoms with Crippen molar-refractivity contribution in [2.75, 3.05) is 0 Å². The highest BCUT2D eigenvalue weighted by Crippen LogP contribution is 2.27. The van der Waals surface area contributed by atoms with Crippen molar-refractivity contribution in [2.45, 2.75) is 241 Å². The number of aryl methyl sites for hydroxylation is 4. The summed E-state index contributed by atoms with van der Waals surface area (Å²) in [5.41, 5.74) is 10.9. The van der Waals surface area contributed by atoms with E-state index in [2.05, 4.69) is 77.9 Å². The van der Waals surface area contributed by atoms with Crippen LogP contribution in [0.25, 0.3) is 0 Å². The van der Waals surface area contributed by atoms with E-state index in [0.29, 0.717) is 0 Å². The molecule has 0 saturated carbocycles. The van der Waals surface area contributed by atoms with Crippen LogP contribution in [0.2, 0.25) is 0 Å². The van der Waals surface area contributed by atoms with Gasteiger partial charge in [-0.1, -0.05) is 176 Å². The highest BCUT2D eigenvalue weighted by atomic mass is 14.8. The van der Waals surface area contributed by atoms with Gasteiger partial charge in [-0.15, -0.1) is 0 Å². The Hall–Kier alpha value is -2.22. The molecule has 0 fully saturated rings. The molecular weight excluding hydrogens is 641 g/mol. The van der Waals surface area contributed by atoms with E-state index in [1.54, 1.807) is 11.1 Å². The first kappa shape index (κ1) is 46.9. The van der Waals surface area contributed by atoms with Crippen molar-refractivity contribution in [1.82, 2.24) is 0 Å². The van der Waals surface area contributed by atoms with Crippen LogP contribution in [-0.2, 0) is 25.7 Å². The van der Waals surface area contributed by atoms with Crippen molar-refractivity contribution < 1.29 is 0 Å². The maximum atomic E-state index is 5.55. The van der Waals surface area contributed by atoms with Crippen LogP contribution < -0.4 is 0 Å². The van der Waals surface area contributed by atoms with Crippen LogP contribution in [0.4, 0.5) is 11.4 Å². The van der Waals surface area contributed by atoms with Gasteiger partial charge in [0, 0.05) is 0 Å². The van der Waals surface area contributed by atoms with Crippen LogP contribution in [0.15, 0.2) is 46.4 Å². The van der Waals surface area contributed by atoms with Gasteiger partial charge in [-0.05, 0) is 124 Å². The van der Waals surface area contributed by atoms with Gasteiger partial charge in [-0.3, -0.25) is 9.98 Å². The average molecular weight is 727 g/mol. The maximum Gasteiger partial charge on any atom is 0.0636 e. The summed E-state index contributed by atoms with van der Waals surface area (Å²) >= 11 is 0. The zero-order valence-corrected chi connectivity index (χ0v) is 36.3. The molecule has 0 aliphatic rings. The summed E-state index contributed by atoms with van der Waals surface area (Å²) in [5.74, 6) is 0. The van der Waals surface area contributed by atoms with Gasteiger partial charge in [0.15, 0.2) is 0 Å². The Morgan fingerprint density at radius 1 is 0.321 bits per heavy atom. The molecule has 2 heteroatoms. The molecule has 0 unspecified atom stereocenters. The summed E-state index contributed by atoms with van der Waals surface area (Å²) in [6, 6.07) is 14.4. The van der Waals surface area contributed by atoms with Crippen molar-refractivity contribution in [1.29, 1.82) is 0 Å². The van der Waals surface area contributed by atoms with E-state index >= 15 is 0 Å². The molecule has 0 aliphatic carbocycles. The summed E-state index contributed by atoms with van der Waals surface area (Å²) in [4.78, 5) is 11.1. The maximum absolute atomic E-state index is 5.55. The second kappa shape index (κ2) is 32.1. The Bertz CT molecular complexity index is 1240. The van der Waals surface area contributed by atoms with Gasteiger partial charge in [-0.25, -0.2) is 0 Å². The lowest BCUT2D eigenvalue weighted by Crippen LogP contribution is -2.14. The first-order chi connectivity index (χ1) is 26.1. The molecule has 300 valence electrons. The van der Waals surface area contributed by atoms with E-state index < -0.39 is 0 Å². The quantitative estimate of drug-likeness (QED) is 0.0507. The van der Waals surface area contributed by atoms with Gasteiger partial charge in [0.05, 0.1) is 22.8 Å². The third kappa shape index (κ3) is 21.5. The minimum atomic E-state index is 1.01. The number of hydrogen-bond acceptors (Lipinski definition) is 2. The molecule has 0 aromatic heterocycles. The number of hydrogen-bond donors (Lipinski definition) is 0. The molecule has 2 nitrogen and oxygen atoms in total. The summed E-state index contributed by atoms with van der Waals surface area (Å²) in [5, 5.41) is 0. The molecule has 2 rings (SSSR count). The Morgan fingerprint density at radius 2 is 0.623 bits per heavy atom. The van der Waals surface area contributed by atoms with Crippen LogP contribution in [0, 0.1) is 0 Å². The first-order valence-electron chi connectivity index (χ1n) is 23.5. The first-order valence-corrected chi connectivity index (χ1v) is 23.5. The third-order valence-electron chi connectivity index (χ3n) is 11.2. The summed E-state index contributed by atoms with van der Waals surface area (Å²) in [6.45, 7) is 13.9. The number of aliphatic imine (C=N–C) groups is 2. The van der Waals surface area contributed by atoms with Crippen LogP contribution in [0.5, 0.6) is 0 Å². The SMILES string of the molecule is CCCCCCCCCCCCCC(=Nc1ccc(CCCCC)c(CCCCC)c1)C(CCCC)=Nc1ccc(CCCCC)c(CCCCC)c1. The molecule has 0 spiro atoms. The fraction of sp³-hybridized carbons (Fsp3) is 0.725. The number of rotatable bonds is 34. The number of nitrogens with zero attached hydrogens (tertiary/aromatic N) is 2. The summed E-state index contributed by atoms with van der Waals surface area (Å²) in [7, 11) is 0. The van der Waals surface area contributed by atoms with E-state index in [-0.39, 0.29) is 0 Å². The Morgan fingerprint density at radius 3 is 1.00 bits per heavy atom. The second-order valence-corrected chi connectivity index (χ2v) is 16.2. The molecule has 0 saturated heterocycles. The van der Waals surface area contributed by atoms with E-state index in [1.807, 2.05) is 0 Å². The minimum absolute atomic E-state index is 1.01. The summed E-state index contributed by atoms with van der Waals surface area (Å²) < 4.78 is 0. The molecule has 0 radical (unpaired) electrons. The van der Waals surface area contributed by atoms with Crippen molar-refractivity contribution in [3.05, 3.63) is 58.7 Å². The van der Waals surface area contributed by atoms with Crippen LogP contribution >= 0.6 is 0 Å². The lowest BCUT2D eigenvalue weighted by molar-refractivity contribution is 0.552. The summed E-state index contributed by atoms with van der Waals surface area (Å²) in [6.07, 6.45) is 39.6. The van der Waals surface area contributed by atoms with Gasteiger partial charge in [-0.2, -0.15) is 0 Å². The second-order valence-electron chi connectivity index (χ2n) is 16.2. The highest BCUT2D eigenvalue weighted by Gasteiger charge is 2.13. The van der Waals surface area contributed by atoms with Crippen LogP contribution in [-0.4, -0.2) is 11.4 Å². The third-order valence-corrected chi connectivity index (χ3v) is 11.2. The molecule has 2 aromatic rings. The Kier molecular flexibility index (Phi) is 28.4. The Balaban J connectivity index is 2.42. The van der Waals surface area contributed by atoms with E-state index in [4.69, 9.17) is 9.98 Å². The lowest BCUT2D eigenvalue weighted by Gasteiger charge is -2.15. The molecule has 2 aromatic carbocycles. The zero-order chi connectivity index (χ0) is 38.2. The minimum Gasteiger partial charge on any atom is -0.252 e. The molecular formula is C51H86N2. The standard InChI is InChI=1S/C51H86N2/c1-7-13-19-20-21-22-23-24-25-26-31-37-51(53-49-41-39-45(33-28-15-9-3)47(43-49)35-30-17-11-5)50(36-18-12-6)52-48-40-38-44(32-27-14-8-2)46(42-48)34-29-16-10-4/h38-43H,7-37H2,1-6H3. The van der Waals surface area contributed by atoms with Crippen molar-refractivity contribution in [2.24, 2.45) is 9.98 Å². The van der Waals surface area contributed by atoms with Crippen LogP contribution in [0.1, 0.15) is 237 Å². The van der Waals surface area contributed by atoms with Gasteiger partial charge >= 0.3 is 0 Å². The topological polar surface area (TPSA) is 24.7 Å². The van der Waals surface area contributed by atoms with E-state index in [0.717, 1.165) is 30.6 Å². The predicted octanol–water partition coefficient (Wildman–Crippen LogP) is 17.4. The average Bonchev–Trinajstić information content (AvgIpc) is 3.17. The Labute approximate surface area is 331 Å². The monoisotopic (exact) mass is 727 g/mol. The molecule has 0 atom stereocenters.